The van der Waals surface area contributed by atoms with Crippen LogP contribution in [0.4, 0.5) is 112 Å². The van der Waals surface area contributed by atoms with Gasteiger partial charge in [0.2, 0.25) is 6.71 Å². The van der Waals surface area contributed by atoms with E-state index in [0.717, 1.165) is 114 Å². The highest BCUT2D eigenvalue weighted by Crippen LogP contribution is 2.56. The van der Waals surface area contributed by atoms with Crippen molar-refractivity contribution in [3.8, 4) is 22.3 Å². The minimum absolute atomic E-state index is 0.000193. The number of fused-ring (bicyclic) bond motifs is 8. The van der Waals surface area contributed by atoms with Crippen LogP contribution in [-0.2, 0) is 12.4 Å². The van der Waals surface area contributed by atoms with Crippen LogP contribution in [0.1, 0.15) is 11.1 Å². The lowest BCUT2D eigenvalue weighted by atomic mass is 9.30. The van der Waals surface area contributed by atoms with E-state index in [1.807, 2.05) is 212 Å². The molecule has 4 aliphatic rings. The van der Waals surface area contributed by atoms with Gasteiger partial charge >= 0.3 is 12.4 Å². The molecule has 0 bridgehead atoms. The quantitative estimate of drug-likeness (QED) is 0.0941. The predicted octanol–water partition coefficient (Wildman–Crippen LogP) is 20.8. The van der Waals surface area contributed by atoms with Gasteiger partial charge in [0.15, 0.2) is 0 Å². The van der Waals surface area contributed by atoms with Gasteiger partial charge in [-0.2, -0.15) is 26.3 Å². The molecule has 0 aliphatic carbocycles. The van der Waals surface area contributed by atoms with Crippen LogP contribution in [0.15, 0.2) is 343 Å². The molecular formula is C86H55B2F6N5S. The van der Waals surface area contributed by atoms with Crippen molar-refractivity contribution in [2.24, 2.45) is 0 Å². The number of anilines is 15. The summed E-state index contributed by atoms with van der Waals surface area (Å²) in [5.74, 6) is 0. The molecule has 0 saturated heterocycles. The van der Waals surface area contributed by atoms with E-state index in [9.17, 15) is 13.2 Å². The Balaban J connectivity index is 0.947. The van der Waals surface area contributed by atoms with Crippen LogP contribution in [0.3, 0.4) is 0 Å². The fourth-order valence-electron chi connectivity index (χ4n) is 15.5. The number of rotatable bonds is 11. The monoisotopic (exact) mass is 1330 g/mol. The Kier molecular flexibility index (Phi) is 14.5. The molecule has 5 nitrogen and oxygen atoms in total. The molecule has 0 radical (unpaired) electrons. The van der Waals surface area contributed by atoms with E-state index in [2.05, 4.69) is 117 Å². The molecule has 0 amide bonds. The van der Waals surface area contributed by atoms with E-state index >= 15 is 13.2 Å². The van der Waals surface area contributed by atoms with Gasteiger partial charge in [-0.15, -0.1) is 0 Å². The first-order chi connectivity index (χ1) is 48.9. The highest BCUT2D eigenvalue weighted by Gasteiger charge is 2.53. The Morgan fingerprint density at radius 2 is 0.730 bits per heavy atom. The molecule has 0 N–H and O–H groups in total. The summed E-state index contributed by atoms with van der Waals surface area (Å²) in [6.45, 7) is -1.61. The minimum atomic E-state index is -5.09. The van der Waals surface area contributed by atoms with Crippen LogP contribution in [0.5, 0.6) is 0 Å². The molecular weight excluding hydrogens is 1270 g/mol. The second-order valence-corrected chi connectivity index (χ2v) is 26.4. The van der Waals surface area contributed by atoms with Crippen LogP contribution in [-0.4, -0.2) is 13.4 Å². The first-order valence-corrected chi connectivity index (χ1v) is 33.9. The molecule has 0 saturated carbocycles. The molecule has 0 fully saturated rings. The highest BCUT2D eigenvalue weighted by atomic mass is 32.2. The first-order valence-electron chi connectivity index (χ1n) is 33.1. The lowest BCUT2D eigenvalue weighted by Crippen LogP contribution is -2.65. The van der Waals surface area contributed by atoms with E-state index in [1.54, 1.807) is 4.90 Å². The van der Waals surface area contributed by atoms with E-state index in [4.69, 9.17) is 0 Å². The largest absolute Gasteiger partial charge is 0.419 e. The van der Waals surface area contributed by atoms with Gasteiger partial charge in [0.25, 0.3) is 6.71 Å². The van der Waals surface area contributed by atoms with Crippen molar-refractivity contribution in [2.45, 2.75) is 22.1 Å². The van der Waals surface area contributed by atoms with E-state index in [0.29, 0.717) is 44.0 Å². The molecule has 100 heavy (non-hydrogen) atoms. The molecule has 4 heterocycles. The van der Waals surface area contributed by atoms with E-state index < -0.39 is 36.9 Å². The molecule has 0 unspecified atom stereocenters. The van der Waals surface area contributed by atoms with E-state index in [1.165, 1.54) is 12.1 Å². The summed E-state index contributed by atoms with van der Waals surface area (Å²) >= 11 is 1.10. The highest BCUT2D eigenvalue weighted by molar-refractivity contribution is 8.00. The van der Waals surface area contributed by atoms with Crippen molar-refractivity contribution in [1.82, 2.24) is 0 Å². The molecule has 18 rings (SSSR count). The SMILES string of the molecule is FC(F)(F)c1ccc(N2c3cc(N(c4ccccc4)c4ccccc4)cc4c3B(c3ccccc3N4c3ccccc3)c3cc4c(c(C(F)(F)F)c32)Sc2cc(N(c3ccc(-c5ccccc5)cc3)c3ccccc3-c3ccccc3)cc3c2B4c2ccccc2N3c2ccccc2)cc1. The van der Waals surface area contributed by atoms with Gasteiger partial charge in [0, 0.05) is 83.6 Å². The van der Waals surface area contributed by atoms with Crippen molar-refractivity contribution >= 4 is 143 Å². The maximum Gasteiger partial charge on any atom is 0.419 e. The standard InChI is InChI=1S/C86H55B2F6N5S/c89-85(90,91)59-45-49-65(50-46-59)99-77-52-66(95(60-29-11-3-12-30-60)61-31-13-4-14-32-61)51-76-81(77)87(69-38-20-23-41-74(69)97(76)62-33-15-5-16-34-62)71-55-72-84(80(83(71)99)86(92,93)94)100-79-54-67(53-78-82(79)88(72)70-39-21-24-42-75(70)98(78)63-35-17-6-18-36-63)96(64-47-43-57(44-48-64)56-25-7-1-8-26-56)73-40-22-19-37-68(73)58-27-9-2-10-28-58/h1-55H. The Morgan fingerprint density at radius 3 is 1.28 bits per heavy atom. The van der Waals surface area contributed by atoms with Crippen LogP contribution in [0, 0.1) is 0 Å². The number of para-hydroxylation sites is 7. The number of nitrogens with zero attached hydrogens (tertiary/aromatic N) is 5. The fourth-order valence-corrected chi connectivity index (χ4v) is 16.9. The summed E-state index contributed by atoms with van der Waals surface area (Å²) in [5.41, 5.74) is 15.7. The summed E-state index contributed by atoms with van der Waals surface area (Å²) in [4.78, 5) is 10.9. The Hall–Kier alpha value is -11.9. The van der Waals surface area contributed by atoms with Gasteiger partial charge in [0.05, 0.1) is 28.2 Å². The van der Waals surface area contributed by atoms with Crippen molar-refractivity contribution < 1.29 is 26.3 Å². The van der Waals surface area contributed by atoms with Crippen molar-refractivity contribution in [2.75, 3.05) is 24.5 Å². The third kappa shape index (κ3) is 10.1. The number of hydrogen-bond donors (Lipinski definition) is 0. The van der Waals surface area contributed by atoms with Crippen LogP contribution in [0.2, 0.25) is 0 Å². The minimum Gasteiger partial charge on any atom is -0.311 e. The average Bonchev–Trinajstić information content (AvgIpc) is 0.679. The number of benzene rings is 14. The van der Waals surface area contributed by atoms with Crippen molar-refractivity contribution in [1.29, 1.82) is 0 Å². The second kappa shape index (κ2) is 24.0. The van der Waals surface area contributed by atoms with Gasteiger partial charge in [-0.25, -0.2) is 0 Å². The Morgan fingerprint density at radius 1 is 0.300 bits per heavy atom. The van der Waals surface area contributed by atoms with Crippen LogP contribution in [0.25, 0.3) is 22.3 Å². The Bertz CT molecular complexity index is 5420. The zero-order valence-corrected chi connectivity index (χ0v) is 54.1. The molecule has 14 aromatic carbocycles. The summed E-state index contributed by atoms with van der Waals surface area (Å²) in [5, 5.41) is 0. The molecule has 478 valence electrons. The molecule has 0 atom stereocenters. The van der Waals surface area contributed by atoms with Gasteiger partial charge < -0.3 is 24.5 Å². The third-order valence-electron chi connectivity index (χ3n) is 19.6. The van der Waals surface area contributed by atoms with Crippen molar-refractivity contribution in [3.05, 3.63) is 345 Å². The number of hydrogen-bond acceptors (Lipinski definition) is 6. The van der Waals surface area contributed by atoms with Gasteiger partial charge in [-0.3, -0.25) is 0 Å². The first kappa shape index (κ1) is 60.5. The average molecular weight is 1330 g/mol. The third-order valence-corrected chi connectivity index (χ3v) is 20.8. The van der Waals surface area contributed by atoms with E-state index in [-0.39, 0.29) is 16.3 Å². The Labute approximate surface area is 579 Å². The maximum absolute atomic E-state index is 18.3. The summed E-state index contributed by atoms with van der Waals surface area (Å²) < 4.78 is 99.6. The lowest BCUT2D eigenvalue weighted by Gasteiger charge is -2.47. The topological polar surface area (TPSA) is 16.2 Å². The summed E-state index contributed by atoms with van der Waals surface area (Å²) in [7, 11) is 0. The van der Waals surface area contributed by atoms with Crippen LogP contribution < -0.4 is 57.3 Å². The fraction of sp³-hybridized carbons (Fsp3) is 0.0233. The zero-order valence-electron chi connectivity index (χ0n) is 53.3. The van der Waals surface area contributed by atoms with Crippen LogP contribution >= 0.6 is 11.8 Å². The van der Waals surface area contributed by atoms with Gasteiger partial charge in [-0.05, 0) is 171 Å². The number of halogens is 6. The molecule has 0 spiro atoms. The van der Waals surface area contributed by atoms with Gasteiger partial charge in [0.1, 0.15) is 0 Å². The second-order valence-electron chi connectivity index (χ2n) is 25.3. The normalized spacial score (nSPS) is 13.2. The summed E-state index contributed by atoms with van der Waals surface area (Å²) in [6, 6.07) is 107. The molecule has 0 aromatic heterocycles. The zero-order chi connectivity index (χ0) is 67.4. The predicted molar refractivity (Wildman–Crippen MR) is 401 cm³/mol. The molecule has 14 heteroatoms. The maximum atomic E-state index is 18.3. The van der Waals surface area contributed by atoms with Gasteiger partial charge in [-0.1, -0.05) is 223 Å². The molecule has 4 aliphatic heterocycles. The smallest absolute Gasteiger partial charge is 0.311 e. The lowest BCUT2D eigenvalue weighted by molar-refractivity contribution is -0.139. The summed E-state index contributed by atoms with van der Waals surface area (Å²) in [6.07, 6.45) is -9.83. The number of alkyl halides is 6. The van der Waals surface area contributed by atoms with Crippen molar-refractivity contribution in [3.63, 3.8) is 0 Å². The molecule has 14 aromatic rings.